The van der Waals surface area contributed by atoms with E-state index < -0.39 is 16.4 Å². The first-order chi connectivity index (χ1) is 8.77. The van der Waals surface area contributed by atoms with E-state index in [-0.39, 0.29) is 18.0 Å². The highest BCUT2D eigenvalue weighted by molar-refractivity contribution is 5.80. The number of carbonyl (C=O) groups is 1. The molecule has 1 unspecified atom stereocenters. The predicted molar refractivity (Wildman–Crippen MR) is 67.9 cm³/mol. The first kappa shape index (κ1) is 14.9. The van der Waals surface area contributed by atoms with Gasteiger partial charge in [-0.3, -0.25) is 10.1 Å². The standard InChI is InChI=1S/C12H16N2O5/c1-8-4-5-10(9(6-8)14(16)17)19-7-12(2,13)11(15)18-3/h4-6H,7,13H2,1-3H3. The van der Waals surface area contributed by atoms with Crippen molar-refractivity contribution in [2.45, 2.75) is 19.4 Å². The van der Waals surface area contributed by atoms with Crippen LogP contribution in [0.5, 0.6) is 5.75 Å². The molecule has 0 aliphatic rings. The van der Waals surface area contributed by atoms with Gasteiger partial charge in [0, 0.05) is 6.07 Å². The minimum atomic E-state index is -1.37. The third kappa shape index (κ3) is 3.65. The molecule has 1 rings (SSSR count). The number of nitrogens with two attached hydrogens (primary N) is 1. The molecule has 0 saturated carbocycles. The molecule has 0 heterocycles. The van der Waals surface area contributed by atoms with Crippen LogP contribution in [-0.2, 0) is 9.53 Å². The topological polar surface area (TPSA) is 105 Å². The molecule has 104 valence electrons. The molecule has 0 saturated heterocycles. The molecule has 0 aromatic heterocycles. The summed E-state index contributed by atoms with van der Waals surface area (Å²) in [5, 5.41) is 10.9. The zero-order chi connectivity index (χ0) is 14.6. The maximum atomic E-state index is 11.4. The summed E-state index contributed by atoms with van der Waals surface area (Å²) in [5.74, 6) is -0.585. The van der Waals surface area contributed by atoms with Crippen LogP contribution in [-0.4, -0.2) is 30.1 Å². The Labute approximate surface area is 110 Å². The number of hydrogen-bond acceptors (Lipinski definition) is 6. The third-order valence-corrected chi connectivity index (χ3v) is 2.49. The van der Waals surface area contributed by atoms with Gasteiger partial charge in [-0.2, -0.15) is 0 Å². The number of nitro groups is 1. The fraction of sp³-hybridized carbons (Fsp3) is 0.417. The molecule has 1 aromatic rings. The maximum absolute atomic E-state index is 11.4. The summed E-state index contributed by atoms with van der Waals surface area (Å²) in [7, 11) is 1.21. The summed E-state index contributed by atoms with van der Waals surface area (Å²) < 4.78 is 9.80. The van der Waals surface area contributed by atoms with Gasteiger partial charge in [0.05, 0.1) is 12.0 Å². The Kier molecular flexibility index (Phi) is 4.44. The van der Waals surface area contributed by atoms with E-state index in [2.05, 4.69) is 4.74 Å². The smallest absolute Gasteiger partial charge is 0.329 e. The predicted octanol–water partition coefficient (Wildman–Crippen LogP) is 1.17. The number of esters is 1. The molecule has 0 amide bonds. The number of nitrogens with zero attached hydrogens (tertiary/aromatic N) is 1. The van der Waals surface area contributed by atoms with Gasteiger partial charge in [0.25, 0.3) is 0 Å². The molecule has 0 radical (unpaired) electrons. The average Bonchev–Trinajstić information content (AvgIpc) is 2.36. The monoisotopic (exact) mass is 268 g/mol. The van der Waals surface area contributed by atoms with Gasteiger partial charge in [0.15, 0.2) is 5.75 Å². The van der Waals surface area contributed by atoms with Gasteiger partial charge >= 0.3 is 11.7 Å². The molecule has 0 bridgehead atoms. The summed E-state index contributed by atoms with van der Waals surface area (Å²) >= 11 is 0. The number of aryl methyl sites for hydroxylation is 1. The van der Waals surface area contributed by atoms with E-state index in [1.54, 1.807) is 13.0 Å². The van der Waals surface area contributed by atoms with Crippen molar-refractivity contribution < 1.29 is 19.2 Å². The zero-order valence-electron chi connectivity index (χ0n) is 11.0. The number of methoxy groups -OCH3 is 1. The quantitative estimate of drug-likeness (QED) is 0.488. The van der Waals surface area contributed by atoms with Gasteiger partial charge in [0.2, 0.25) is 0 Å². The molecule has 7 nitrogen and oxygen atoms in total. The lowest BCUT2D eigenvalue weighted by Crippen LogP contribution is -2.50. The second kappa shape index (κ2) is 5.66. The van der Waals surface area contributed by atoms with E-state index in [4.69, 9.17) is 10.5 Å². The SMILES string of the molecule is COC(=O)C(C)(N)COc1ccc(C)cc1[N+](=O)[O-]. The minimum absolute atomic E-state index is 0.0659. The van der Waals surface area contributed by atoms with E-state index in [0.29, 0.717) is 0 Å². The van der Waals surface area contributed by atoms with Gasteiger partial charge in [-0.05, 0) is 25.5 Å². The van der Waals surface area contributed by atoms with Crippen molar-refractivity contribution in [3.63, 3.8) is 0 Å². The Morgan fingerprint density at radius 3 is 2.68 bits per heavy atom. The van der Waals surface area contributed by atoms with Crippen molar-refractivity contribution in [2.24, 2.45) is 5.73 Å². The van der Waals surface area contributed by atoms with Crippen molar-refractivity contribution in [1.29, 1.82) is 0 Å². The summed E-state index contributed by atoms with van der Waals surface area (Å²) in [5.41, 5.74) is 4.91. The highest BCUT2D eigenvalue weighted by Gasteiger charge is 2.31. The average molecular weight is 268 g/mol. The zero-order valence-corrected chi connectivity index (χ0v) is 11.0. The van der Waals surface area contributed by atoms with Gasteiger partial charge in [-0.15, -0.1) is 0 Å². The van der Waals surface area contributed by atoms with E-state index in [0.717, 1.165) is 5.56 Å². The maximum Gasteiger partial charge on any atom is 0.329 e. The largest absolute Gasteiger partial charge is 0.484 e. The van der Waals surface area contributed by atoms with E-state index in [9.17, 15) is 14.9 Å². The normalized spacial score (nSPS) is 13.5. The third-order valence-electron chi connectivity index (χ3n) is 2.49. The molecule has 0 aliphatic carbocycles. The van der Waals surface area contributed by atoms with Gasteiger partial charge < -0.3 is 15.2 Å². The molecule has 1 atom stereocenters. The minimum Gasteiger partial charge on any atom is -0.484 e. The second-order valence-electron chi connectivity index (χ2n) is 4.43. The Bertz CT molecular complexity index is 499. The molecule has 2 N–H and O–H groups in total. The van der Waals surface area contributed by atoms with Crippen LogP contribution in [0.1, 0.15) is 12.5 Å². The lowest BCUT2D eigenvalue weighted by Gasteiger charge is -2.21. The first-order valence-electron chi connectivity index (χ1n) is 5.53. The van der Waals surface area contributed by atoms with Crippen molar-refractivity contribution >= 4 is 11.7 Å². The molecule has 0 aliphatic heterocycles. The van der Waals surface area contributed by atoms with E-state index in [1.807, 2.05) is 0 Å². The van der Waals surface area contributed by atoms with Crippen LogP contribution >= 0.6 is 0 Å². The van der Waals surface area contributed by atoms with Crippen LogP contribution in [0.25, 0.3) is 0 Å². The number of ether oxygens (including phenoxy) is 2. The summed E-state index contributed by atoms with van der Waals surface area (Å²) in [4.78, 5) is 21.7. The highest BCUT2D eigenvalue weighted by atomic mass is 16.6. The van der Waals surface area contributed by atoms with Gasteiger partial charge in [0.1, 0.15) is 12.1 Å². The first-order valence-corrected chi connectivity index (χ1v) is 5.53. The van der Waals surface area contributed by atoms with E-state index >= 15 is 0 Å². The lowest BCUT2D eigenvalue weighted by atomic mass is 10.1. The van der Waals surface area contributed by atoms with Crippen molar-refractivity contribution in [2.75, 3.05) is 13.7 Å². The van der Waals surface area contributed by atoms with Crippen molar-refractivity contribution in [3.05, 3.63) is 33.9 Å². The van der Waals surface area contributed by atoms with Gasteiger partial charge in [-0.1, -0.05) is 6.07 Å². The Morgan fingerprint density at radius 2 is 2.16 bits per heavy atom. The van der Waals surface area contributed by atoms with Crippen molar-refractivity contribution in [1.82, 2.24) is 0 Å². The molecule has 0 spiro atoms. The number of hydrogen-bond donors (Lipinski definition) is 1. The second-order valence-corrected chi connectivity index (χ2v) is 4.43. The molecular weight excluding hydrogens is 252 g/mol. The van der Waals surface area contributed by atoms with Crippen LogP contribution in [0.4, 0.5) is 5.69 Å². The van der Waals surface area contributed by atoms with Crippen LogP contribution in [0.3, 0.4) is 0 Å². The summed E-state index contributed by atoms with van der Waals surface area (Å²) in [6.07, 6.45) is 0. The Morgan fingerprint density at radius 1 is 1.53 bits per heavy atom. The Balaban J connectivity index is 2.89. The highest BCUT2D eigenvalue weighted by Crippen LogP contribution is 2.28. The number of benzene rings is 1. The van der Waals surface area contributed by atoms with Crippen molar-refractivity contribution in [3.8, 4) is 5.75 Å². The fourth-order valence-electron chi connectivity index (χ4n) is 1.41. The lowest BCUT2D eigenvalue weighted by molar-refractivity contribution is -0.386. The fourth-order valence-corrected chi connectivity index (χ4v) is 1.41. The van der Waals surface area contributed by atoms with Crippen LogP contribution in [0, 0.1) is 17.0 Å². The molecule has 19 heavy (non-hydrogen) atoms. The van der Waals surface area contributed by atoms with Gasteiger partial charge in [-0.25, -0.2) is 4.79 Å². The summed E-state index contributed by atoms with van der Waals surface area (Å²) in [6, 6.07) is 4.54. The molecule has 0 fully saturated rings. The number of nitro benzene ring substituents is 1. The molecule has 7 heteroatoms. The number of rotatable bonds is 5. The van der Waals surface area contributed by atoms with Crippen LogP contribution in [0.15, 0.2) is 18.2 Å². The summed E-state index contributed by atoms with van der Waals surface area (Å²) in [6.45, 7) is 2.95. The van der Waals surface area contributed by atoms with Crippen LogP contribution < -0.4 is 10.5 Å². The van der Waals surface area contributed by atoms with E-state index in [1.165, 1.54) is 26.2 Å². The number of carbonyl (C=O) groups excluding carboxylic acids is 1. The Hall–Kier alpha value is -2.15. The van der Waals surface area contributed by atoms with Crippen LogP contribution in [0.2, 0.25) is 0 Å². The molecule has 1 aromatic carbocycles. The molecular formula is C12H16N2O5.